The van der Waals surface area contributed by atoms with Gasteiger partial charge in [-0.2, -0.15) is 0 Å². The highest BCUT2D eigenvalue weighted by molar-refractivity contribution is 5.99. The van der Waals surface area contributed by atoms with Crippen molar-refractivity contribution >= 4 is 11.5 Å². The highest BCUT2D eigenvalue weighted by Crippen LogP contribution is 2.18. The Labute approximate surface area is 119 Å². The standard InChI is InChI=1S/C17H19NO2/c1-12-6-4-9-16(13(12)2)18-11-17(19)14-7-5-8-15(10-14)20-3/h4-10,18H,11H2,1-3H3. The van der Waals surface area contributed by atoms with Crippen LogP contribution in [0.25, 0.3) is 0 Å². The van der Waals surface area contributed by atoms with Gasteiger partial charge in [-0.1, -0.05) is 24.3 Å². The predicted octanol–water partition coefficient (Wildman–Crippen LogP) is 3.61. The van der Waals surface area contributed by atoms with Crippen LogP contribution in [0.1, 0.15) is 21.5 Å². The maximum atomic E-state index is 12.2. The van der Waals surface area contributed by atoms with E-state index in [0.29, 0.717) is 11.3 Å². The fourth-order valence-corrected chi connectivity index (χ4v) is 2.02. The molecule has 0 unspecified atom stereocenters. The Morgan fingerprint density at radius 1 is 1.15 bits per heavy atom. The third kappa shape index (κ3) is 3.18. The lowest BCUT2D eigenvalue weighted by Crippen LogP contribution is -2.14. The Morgan fingerprint density at radius 2 is 1.90 bits per heavy atom. The maximum Gasteiger partial charge on any atom is 0.181 e. The lowest BCUT2D eigenvalue weighted by Gasteiger charge is -2.11. The van der Waals surface area contributed by atoms with Gasteiger partial charge in [0.05, 0.1) is 13.7 Å². The summed E-state index contributed by atoms with van der Waals surface area (Å²) in [5.74, 6) is 0.743. The molecule has 0 bridgehead atoms. The summed E-state index contributed by atoms with van der Waals surface area (Å²) in [6.07, 6.45) is 0. The number of carbonyl (C=O) groups excluding carboxylic acids is 1. The predicted molar refractivity (Wildman–Crippen MR) is 81.7 cm³/mol. The van der Waals surface area contributed by atoms with E-state index >= 15 is 0 Å². The second-order valence-corrected chi connectivity index (χ2v) is 4.76. The van der Waals surface area contributed by atoms with E-state index in [9.17, 15) is 4.79 Å². The number of anilines is 1. The number of aryl methyl sites for hydroxylation is 1. The summed E-state index contributed by atoms with van der Waals surface area (Å²) in [4.78, 5) is 12.2. The third-order valence-electron chi connectivity index (χ3n) is 3.44. The molecule has 0 spiro atoms. The Bertz CT molecular complexity index is 620. The van der Waals surface area contributed by atoms with Crippen LogP contribution in [0.15, 0.2) is 42.5 Å². The molecule has 104 valence electrons. The third-order valence-corrected chi connectivity index (χ3v) is 3.44. The summed E-state index contributed by atoms with van der Waals surface area (Å²) >= 11 is 0. The molecule has 3 nitrogen and oxygen atoms in total. The average Bonchev–Trinajstić information content (AvgIpc) is 2.48. The van der Waals surface area contributed by atoms with Crippen LogP contribution in [0.5, 0.6) is 5.75 Å². The van der Waals surface area contributed by atoms with Gasteiger partial charge in [-0.15, -0.1) is 0 Å². The number of rotatable bonds is 5. The zero-order valence-corrected chi connectivity index (χ0v) is 12.1. The quantitative estimate of drug-likeness (QED) is 0.843. The van der Waals surface area contributed by atoms with Gasteiger partial charge in [0, 0.05) is 11.3 Å². The van der Waals surface area contributed by atoms with E-state index in [1.54, 1.807) is 19.2 Å². The molecule has 0 fully saturated rings. The number of hydrogen-bond donors (Lipinski definition) is 1. The minimum Gasteiger partial charge on any atom is -0.497 e. The summed E-state index contributed by atoms with van der Waals surface area (Å²) < 4.78 is 5.13. The molecule has 0 aromatic heterocycles. The van der Waals surface area contributed by atoms with Crippen LogP contribution >= 0.6 is 0 Å². The molecule has 0 atom stereocenters. The second kappa shape index (κ2) is 6.24. The first kappa shape index (κ1) is 14.1. The molecular formula is C17H19NO2. The molecular weight excluding hydrogens is 250 g/mol. The van der Waals surface area contributed by atoms with Crippen molar-refractivity contribution in [1.29, 1.82) is 0 Å². The first-order valence-corrected chi connectivity index (χ1v) is 6.59. The molecule has 2 rings (SSSR count). The van der Waals surface area contributed by atoms with Crippen molar-refractivity contribution in [3.63, 3.8) is 0 Å². The van der Waals surface area contributed by atoms with Crippen molar-refractivity contribution in [3.8, 4) is 5.75 Å². The summed E-state index contributed by atoms with van der Waals surface area (Å²) in [7, 11) is 1.60. The summed E-state index contributed by atoms with van der Waals surface area (Å²) in [6.45, 7) is 4.38. The van der Waals surface area contributed by atoms with Gasteiger partial charge in [0.25, 0.3) is 0 Å². The van der Waals surface area contributed by atoms with Crippen LogP contribution in [0, 0.1) is 13.8 Å². The monoisotopic (exact) mass is 269 g/mol. The minimum absolute atomic E-state index is 0.0461. The van der Waals surface area contributed by atoms with Gasteiger partial charge in [-0.05, 0) is 43.2 Å². The zero-order chi connectivity index (χ0) is 14.5. The van der Waals surface area contributed by atoms with Crippen LogP contribution in [-0.4, -0.2) is 19.4 Å². The number of carbonyl (C=O) groups is 1. The topological polar surface area (TPSA) is 38.3 Å². The van der Waals surface area contributed by atoms with Gasteiger partial charge in [-0.25, -0.2) is 0 Å². The summed E-state index contributed by atoms with van der Waals surface area (Å²) in [5.41, 5.74) is 4.04. The molecule has 0 radical (unpaired) electrons. The average molecular weight is 269 g/mol. The number of ketones is 1. The lowest BCUT2D eigenvalue weighted by atomic mass is 10.1. The molecule has 0 amide bonds. The normalized spacial score (nSPS) is 10.2. The van der Waals surface area contributed by atoms with E-state index < -0.39 is 0 Å². The smallest absolute Gasteiger partial charge is 0.181 e. The lowest BCUT2D eigenvalue weighted by molar-refractivity contribution is 0.101. The van der Waals surface area contributed by atoms with E-state index in [1.165, 1.54) is 11.1 Å². The van der Waals surface area contributed by atoms with E-state index in [4.69, 9.17) is 4.74 Å². The Hall–Kier alpha value is -2.29. The molecule has 0 saturated heterocycles. The number of benzene rings is 2. The molecule has 0 aliphatic carbocycles. The fourth-order valence-electron chi connectivity index (χ4n) is 2.02. The van der Waals surface area contributed by atoms with E-state index in [-0.39, 0.29) is 12.3 Å². The second-order valence-electron chi connectivity index (χ2n) is 4.76. The molecule has 0 saturated carbocycles. The molecule has 2 aromatic carbocycles. The van der Waals surface area contributed by atoms with Crippen molar-refractivity contribution in [3.05, 3.63) is 59.2 Å². The summed E-state index contributed by atoms with van der Waals surface area (Å²) in [5, 5.41) is 3.20. The van der Waals surface area contributed by atoms with E-state index in [0.717, 1.165) is 5.69 Å². The number of Topliss-reactive ketones (excluding diaryl/α,β-unsaturated/α-hetero) is 1. The van der Waals surface area contributed by atoms with Crippen LogP contribution in [0.2, 0.25) is 0 Å². The van der Waals surface area contributed by atoms with E-state index in [2.05, 4.69) is 18.3 Å². The van der Waals surface area contributed by atoms with Crippen LogP contribution in [0.3, 0.4) is 0 Å². The van der Waals surface area contributed by atoms with Gasteiger partial charge >= 0.3 is 0 Å². The van der Waals surface area contributed by atoms with Gasteiger partial charge in [0.2, 0.25) is 0 Å². The van der Waals surface area contributed by atoms with Gasteiger partial charge in [0.1, 0.15) is 5.75 Å². The Balaban J connectivity index is 2.06. The molecule has 2 aromatic rings. The number of ether oxygens (including phenoxy) is 1. The first-order valence-electron chi connectivity index (χ1n) is 6.59. The number of methoxy groups -OCH3 is 1. The largest absolute Gasteiger partial charge is 0.497 e. The molecule has 1 N–H and O–H groups in total. The Morgan fingerprint density at radius 3 is 2.65 bits per heavy atom. The van der Waals surface area contributed by atoms with Crippen LogP contribution < -0.4 is 10.1 Å². The minimum atomic E-state index is 0.0461. The SMILES string of the molecule is COc1cccc(C(=O)CNc2cccc(C)c2C)c1. The Kier molecular flexibility index (Phi) is 4.41. The van der Waals surface area contributed by atoms with Crippen molar-refractivity contribution in [2.45, 2.75) is 13.8 Å². The molecule has 20 heavy (non-hydrogen) atoms. The highest BCUT2D eigenvalue weighted by Gasteiger charge is 2.08. The summed E-state index contributed by atoms with van der Waals surface area (Å²) in [6, 6.07) is 13.2. The van der Waals surface area contributed by atoms with Crippen molar-refractivity contribution in [2.75, 3.05) is 19.0 Å². The van der Waals surface area contributed by atoms with Gasteiger partial charge in [0.15, 0.2) is 5.78 Å². The molecule has 0 aliphatic rings. The molecule has 0 aliphatic heterocycles. The van der Waals surface area contributed by atoms with Crippen molar-refractivity contribution < 1.29 is 9.53 Å². The number of hydrogen-bond acceptors (Lipinski definition) is 3. The molecule has 0 heterocycles. The highest BCUT2D eigenvalue weighted by atomic mass is 16.5. The fraction of sp³-hybridized carbons (Fsp3) is 0.235. The molecule has 3 heteroatoms. The van der Waals surface area contributed by atoms with Crippen molar-refractivity contribution in [1.82, 2.24) is 0 Å². The van der Waals surface area contributed by atoms with Crippen molar-refractivity contribution in [2.24, 2.45) is 0 Å². The van der Waals surface area contributed by atoms with E-state index in [1.807, 2.05) is 31.2 Å². The van der Waals surface area contributed by atoms with Crippen LogP contribution in [0.4, 0.5) is 5.69 Å². The van der Waals surface area contributed by atoms with Crippen LogP contribution in [-0.2, 0) is 0 Å². The van der Waals surface area contributed by atoms with Gasteiger partial charge in [-0.3, -0.25) is 4.79 Å². The maximum absolute atomic E-state index is 12.2. The van der Waals surface area contributed by atoms with Gasteiger partial charge < -0.3 is 10.1 Å². The first-order chi connectivity index (χ1) is 9.61. The zero-order valence-electron chi connectivity index (χ0n) is 12.1. The number of nitrogens with one attached hydrogen (secondary N) is 1.